The number of carbonyl (C=O) groups excluding carboxylic acids is 1. The van der Waals surface area contributed by atoms with Crippen molar-refractivity contribution in [1.82, 2.24) is 5.32 Å². The number of amides is 1. The number of carbonyl (C=O) groups is 1. The third-order valence-electron chi connectivity index (χ3n) is 3.33. The third kappa shape index (κ3) is 3.49. The minimum Gasteiger partial charge on any atom is -0.466 e. The van der Waals surface area contributed by atoms with Crippen LogP contribution in [0, 0.1) is 13.8 Å². The molecule has 4 nitrogen and oxygen atoms in total. The van der Waals surface area contributed by atoms with Crippen LogP contribution >= 0.6 is 12.2 Å². The summed E-state index contributed by atoms with van der Waals surface area (Å²) in [5.41, 5.74) is 7.84. The van der Waals surface area contributed by atoms with E-state index in [4.69, 9.17) is 22.4 Å². The molecule has 0 bridgehead atoms. The maximum absolute atomic E-state index is 12.2. The zero-order chi connectivity index (χ0) is 15.6. The quantitative estimate of drug-likeness (QED) is 0.852. The molecule has 1 atom stereocenters. The van der Waals surface area contributed by atoms with Gasteiger partial charge in [-0.3, -0.25) is 4.79 Å². The van der Waals surface area contributed by atoms with Gasteiger partial charge in [-0.05, 0) is 39.0 Å². The lowest BCUT2D eigenvalue weighted by Crippen LogP contribution is -2.26. The number of furan rings is 1. The molecule has 0 spiro atoms. The van der Waals surface area contributed by atoms with E-state index in [0.717, 1.165) is 22.6 Å². The number of aryl methyl sites for hydroxylation is 2. The summed E-state index contributed by atoms with van der Waals surface area (Å²) < 4.78 is 5.49. The van der Waals surface area contributed by atoms with Crippen molar-refractivity contribution in [3.05, 3.63) is 58.5 Å². The highest BCUT2D eigenvalue weighted by molar-refractivity contribution is 7.80. The molecule has 0 saturated carbocycles. The Bertz CT molecular complexity index is 674. The van der Waals surface area contributed by atoms with E-state index in [2.05, 4.69) is 5.32 Å². The summed E-state index contributed by atoms with van der Waals surface area (Å²) in [4.78, 5) is 12.5. The van der Waals surface area contributed by atoms with Crippen LogP contribution in [-0.2, 0) is 0 Å². The highest BCUT2D eigenvalue weighted by Crippen LogP contribution is 2.21. The Morgan fingerprint density at radius 3 is 2.29 bits per heavy atom. The van der Waals surface area contributed by atoms with Crippen molar-refractivity contribution in [2.24, 2.45) is 5.73 Å². The average Bonchev–Trinajstić information content (AvgIpc) is 2.77. The van der Waals surface area contributed by atoms with E-state index in [9.17, 15) is 4.79 Å². The summed E-state index contributed by atoms with van der Waals surface area (Å²) in [6.45, 7) is 5.71. The molecule has 2 rings (SSSR count). The fourth-order valence-corrected chi connectivity index (χ4v) is 2.36. The summed E-state index contributed by atoms with van der Waals surface area (Å²) in [6, 6.07) is 8.74. The molecule has 110 valence electrons. The van der Waals surface area contributed by atoms with E-state index >= 15 is 0 Å². The van der Waals surface area contributed by atoms with Gasteiger partial charge >= 0.3 is 0 Å². The van der Waals surface area contributed by atoms with Crippen molar-refractivity contribution >= 4 is 23.1 Å². The summed E-state index contributed by atoms with van der Waals surface area (Å²) in [7, 11) is 0. The van der Waals surface area contributed by atoms with Crippen LogP contribution in [0.5, 0.6) is 0 Å². The van der Waals surface area contributed by atoms with Gasteiger partial charge in [0, 0.05) is 16.7 Å². The Balaban J connectivity index is 2.10. The molecule has 0 aliphatic heterocycles. The van der Waals surface area contributed by atoms with Gasteiger partial charge in [0.25, 0.3) is 5.91 Å². The molecule has 0 aliphatic carbocycles. The van der Waals surface area contributed by atoms with Gasteiger partial charge in [-0.2, -0.15) is 0 Å². The molecule has 1 aromatic heterocycles. The maximum atomic E-state index is 12.2. The average molecular weight is 302 g/mol. The summed E-state index contributed by atoms with van der Waals surface area (Å²) >= 11 is 4.89. The van der Waals surface area contributed by atoms with E-state index < -0.39 is 0 Å². The molecule has 0 aliphatic rings. The van der Waals surface area contributed by atoms with Gasteiger partial charge < -0.3 is 15.5 Å². The van der Waals surface area contributed by atoms with Crippen LogP contribution in [0.3, 0.4) is 0 Å². The first kappa shape index (κ1) is 15.3. The molecule has 1 heterocycles. The van der Waals surface area contributed by atoms with Crippen LogP contribution in [0.1, 0.15) is 46.0 Å². The SMILES string of the molecule is Cc1cc(C(C)NC(=O)c2ccc(C(N)=S)cc2)c(C)o1. The molecule has 21 heavy (non-hydrogen) atoms. The molecule has 1 amide bonds. The first-order chi connectivity index (χ1) is 9.88. The van der Waals surface area contributed by atoms with E-state index in [-0.39, 0.29) is 11.9 Å². The molecular formula is C16H18N2O2S. The number of hydrogen-bond donors (Lipinski definition) is 2. The van der Waals surface area contributed by atoms with Gasteiger partial charge in [-0.15, -0.1) is 0 Å². The first-order valence-electron chi connectivity index (χ1n) is 6.66. The summed E-state index contributed by atoms with van der Waals surface area (Å²) in [5, 5.41) is 2.95. The van der Waals surface area contributed by atoms with Crippen molar-refractivity contribution in [2.45, 2.75) is 26.8 Å². The second-order valence-corrected chi connectivity index (χ2v) is 5.45. The van der Waals surface area contributed by atoms with Gasteiger partial charge in [0.2, 0.25) is 0 Å². The second kappa shape index (κ2) is 6.10. The predicted octanol–water partition coefficient (Wildman–Crippen LogP) is 3.02. The molecule has 5 heteroatoms. The van der Waals surface area contributed by atoms with Gasteiger partial charge in [0.05, 0.1) is 6.04 Å². The molecule has 0 radical (unpaired) electrons. The van der Waals surface area contributed by atoms with Crippen LogP contribution in [-0.4, -0.2) is 10.9 Å². The zero-order valence-electron chi connectivity index (χ0n) is 12.3. The highest BCUT2D eigenvalue weighted by Gasteiger charge is 2.16. The van der Waals surface area contributed by atoms with Gasteiger partial charge in [-0.1, -0.05) is 24.4 Å². The van der Waals surface area contributed by atoms with E-state index in [1.165, 1.54) is 0 Å². The minimum absolute atomic E-state index is 0.120. The zero-order valence-corrected chi connectivity index (χ0v) is 13.1. The maximum Gasteiger partial charge on any atom is 0.251 e. The fourth-order valence-electron chi connectivity index (χ4n) is 2.22. The molecule has 0 fully saturated rings. The van der Waals surface area contributed by atoms with E-state index in [1.807, 2.05) is 26.8 Å². The Labute approximate surface area is 129 Å². The number of thiocarbonyl (C=S) groups is 1. The van der Waals surface area contributed by atoms with Crippen LogP contribution in [0.25, 0.3) is 0 Å². The van der Waals surface area contributed by atoms with Crippen molar-refractivity contribution in [3.63, 3.8) is 0 Å². The molecule has 1 aromatic carbocycles. The monoisotopic (exact) mass is 302 g/mol. The van der Waals surface area contributed by atoms with E-state index in [1.54, 1.807) is 24.3 Å². The number of nitrogens with two attached hydrogens (primary N) is 1. The third-order valence-corrected chi connectivity index (χ3v) is 3.56. The second-order valence-electron chi connectivity index (χ2n) is 5.01. The Morgan fingerprint density at radius 1 is 1.24 bits per heavy atom. The van der Waals surface area contributed by atoms with Crippen molar-refractivity contribution in [3.8, 4) is 0 Å². The normalized spacial score (nSPS) is 12.0. The lowest BCUT2D eigenvalue weighted by molar-refractivity contribution is 0.0939. The van der Waals surface area contributed by atoms with E-state index in [0.29, 0.717) is 10.6 Å². The number of rotatable bonds is 4. The Kier molecular flexibility index (Phi) is 4.43. The number of nitrogens with one attached hydrogen (secondary N) is 1. The van der Waals surface area contributed by atoms with Gasteiger partial charge in [-0.25, -0.2) is 0 Å². The van der Waals surface area contributed by atoms with Gasteiger partial charge in [0.1, 0.15) is 16.5 Å². The Morgan fingerprint density at radius 2 is 1.81 bits per heavy atom. The standard InChI is InChI=1S/C16H18N2O2S/c1-9-8-14(11(3)20-9)10(2)18-16(19)13-6-4-12(5-7-13)15(17)21/h4-8,10H,1-3H3,(H2,17,21)(H,18,19). The van der Waals surface area contributed by atoms with Gasteiger partial charge in [0.15, 0.2) is 0 Å². The first-order valence-corrected chi connectivity index (χ1v) is 7.07. The predicted molar refractivity (Wildman–Crippen MR) is 86.4 cm³/mol. The smallest absolute Gasteiger partial charge is 0.251 e. The number of benzene rings is 1. The lowest BCUT2D eigenvalue weighted by atomic mass is 10.1. The molecule has 3 N–H and O–H groups in total. The summed E-state index contributed by atoms with van der Waals surface area (Å²) in [5.74, 6) is 1.52. The number of hydrogen-bond acceptors (Lipinski definition) is 3. The molecule has 2 aromatic rings. The highest BCUT2D eigenvalue weighted by atomic mass is 32.1. The van der Waals surface area contributed by atoms with Crippen molar-refractivity contribution in [1.29, 1.82) is 0 Å². The minimum atomic E-state index is -0.143. The largest absolute Gasteiger partial charge is 0.466 e. The Hall–Kier alpha value is -2.14. The van der Waals surface area contributed by atoms with Crippen LogP contribution < -0.4 is 11.1 Å². The molecular weight excluding hydrogens is 284 g/mol. The molecule has 1 unspecified atom stereocenters. The van der Waals surface area contributed by atoms with Crippen LogP contribution in [0.15, 0.2) is 34.7 Å². The lowest BCUT2D eigenvalue weighted by Gasteiger charge is -2.13. The van der Waals surface area contributed by atoms with Crippen LogP contribution in [0.4, 0.5) is 0 Å². The van der Waals surface area contributed by atoms with Crippen molar-refractivity contribution < 1.29 is 9.21 Å². The topological polar surface area (TPSA) is 68.3 Å². The molecule has 0 saturated heterocycles. The van der Waals surface area contributed by atoms with Crippen molar-refractivity contribution in [2.75, 3.05) is 0 Å². The fraction of sp³-hybridized carbons (Fsp3) is 0.250. The van der Waals surface area contributed by atoms with Crippen LogP contribution in [0.2, 0.25) is 0 Å². The summed E-state index contributed by atoms with van der Waals surface area (Å²) in [6.07, 6.45) is 0.